The van der Waals surface area contributed by atoms with E-state index in [1.165, 1.54) is 0 Å². The van der Waals surface area contributed by atoms with Crippen LogP contribution in [-0.4, -0.2) is 34.9 Å². The number of carboxylic acids is 1. The third-order valence-corrected chi connectivity index (χ3v) is 8.53. The number of hydrogen-bond donors (Lipinski definition) is 2. The zero-order chi connectivity index (χ0) is 31.0. The van der Waals surface area contributed by atoms with Gasteiger partial charge in [0.1, 0.15) is 17.2 Å². The van der Waals surface area contributed by atoms with Crippen LogP contribution in [-0.2, 0) is 10.2 Å². The molecular weight excluding hydrogens is 582 g/mol. The van der Waals surface area contributed by atoms with Crippen molar-refractivity contribution in [1.82, 2.24) is 0 Å². The molecule has 2 N–H and O–H groups in total. The third-order valence-electron chi connectivity index (χ3n) is 8.53. The summed E-state index contributed by atoms with van der Waals surface area (Å²) in [5.74, 6) is -6.08. The van der Waals surface area contributed by atoms with E-state index in [9.17, 15) is 42.1 Å². The number of phenolic OH excluding ortho intramolecular Hbond substituents is 2. The Morgan fingerprint density at radius 2 is 1.47 bits per heavy atom. The number of hydrogen-bond acceptors (Lipinski definition) is 5. The minimum absolute atomic E-state index is 0. The van der Waals surface area contributed by atoms with Gasteiger partial charge in [0.2, 0.25) is 0 Å². The smallest absolute Gasteiger partial charge is 0.550 e. The molecule has 0 saturated heterocycles. The first-order chi connectivity index (χ1) is 19.7. The maximum atomic E-state index is 13.1. The molecule has 1 aliphatic rings. The van der Waals surface area contributed by atoms with Crippen LogP contribution in [0.5, 0.6) is 17.2 Å². The second kappa shape index (κ2) is 16.3. The minimum atomic E-state index is -5.63. The second-order valence-electron chi connectivity index (χ2n) is 11.7. The first-order valence-electron chi connectivity index (χ1n) is 14.7. The van der Waals surface area contributed by atoms with Crippen LogP contribution >= 0.6 is 0 Å². The predicted molar refractivity (Wildman–Crippen MR) is 147 cm³/mol. The van der Waals surface area contributed by atoms with Crippen LogP contribution < -0.4 is 39.4 Å². The summed E-state index contributed by atoms with van der Waals surface area (Å²) in [7, 11) is 0. The van der Waals surface area contributed by atoms with Gasteiger partial charge in [-0.15, -0.1) is 0 Å². The maximum Gasteiger partial charge on any atom is 1.00 e. The van der Waals surface area contributed by atoms with Crippen LogP contribution in [0.4, 0.5) is 22.0 Å². The van der Waals surface area contributed by atoms with Crippen molar-refractivity contribution in [1.29, 1.82) is 0 Å². The molecule has 1 aliphatic heterocycles. The topological polar surface area (TPSA) is 89.8 Å². The molecule has 11 heteroatoms. The SMILES string of the molecule is CC1(c2ccc(O)cc2)COc2cc(O)ccc2C1CCCCCCCCCC(CCCC(F)(F)C(F)(F)F)C(=O)[O-].[Na+]. The van der Waals surface area contributed by atoms with E-state index in [0.717, 1.165) is 56.1 Å². The van der Waals surface area contributed by atoms with Crippen LogP contribution in [0.15, 0.2) is 42.5 Å². The van der Waals surface area contributed by atoms with Gasteiger partial charge < -0.3 is 24.9 Å². The van der Waals surface area contributed by atoms with Crippen molar-refractivity contribution < 1.29 is 76.4 Å². The molecule has 234 valence electrons. The fourth-order valence-electron chi connectivity index (χ4n) is 5.92. The van der Waals surface area contributed by atoms with Gasteiger partial charge in [0.15, 0.2) is 0 Å². The molecule has 2 aromatic rings. The van der Waals surface area contributed by atoms with Crippen molar-refractivity contribution in [2.24, 2.45) is 5.92 Å². The van der Waals surface area contributed by atoms with Gasteiger partial charge in [0.25, 0.3) is 0 Å². The van der Waals surface area contributed by atoms with E-state index in [4.69, 9.17) is 4.74 Å². The largest absolute Gasteiger partial charge is 1.00 e. The second-order valence-corrected chi connectivity index (χ2v) is 11.7. The Morgan fingerprint density at radius 3 is 2.07 bits per heavy atom. The van der Waals surface area contributed by atoms with Crippen LogP contribution in [0.3, 0.4) is 0 Å². The number of carbonyl (C=O) groups excluding carboxylic acids is 1. The predicted octanol–water partition coefficient (Wildman–Crippen LogP) is 4.78. The number of aliphatic carboxylic acids is 1. The van der Waals surface area contributed by atoms with Gasteiger partial charge >= 0.3 is 41.7 Å². The average Bonchev–Trinajstić information content (AvgIpc) is 2.91. The van der Waals surface area contributed by atoms with Crippen LogP contribution in [0, 0.1) is 5.92 Å². The molecule has 0 aliphatic carbocycles. The molecule has 0 amide bonds. The van der Waals surface area contributed by atoms with Gasteiger partial charge in [-0.05, 0) is 60.9 Å². The Balaban J connectivity index is 0.00000645. The van der Waals surface area contributed by atoms with Gasteiger partial charge in [0.05, 0.1) is 6.61 Å². The zero-order valence-electron chi connectivity index (χ0n) is 24.9. The minimum Gasteiger partial charge on any atom is -0.550 e. The molecule has 0 saturated carbocycles. The van der Waals surface area contributed by atoms with Crippen LogP contribution in [0.2, 0.25) is 0 Å². The number of rotatable bonds is 16. The Hall–Kier alpha value is -2.04. The molecule has 3 unspecified atom stereocenters. The van der Waals surface area contributed by atoms with E-state index in [1.807, 2.05) is 18.2 Å². The molecule has 1 heterocycles. The van der Waals surface area contributed by atoms with E-state index in [2.05, 4.69) is 6.92 Å². The summed E-state index contributed by atoms with van der Waals surface area (Å²) < 4.78 is 69.1. The standard InChI is InChI=1S/C32H41F5O5.Na/c1-30(23-13-15-24(38)16-14-23)21-42-28-20-25(39)17-18-26(28)27(30)12-8-6-4-2-3-5-7-10-22(29(40)41)11-9-19-31(33,34)32(35,36)37;/h13-18,20,22,27,38-39H,2-12,19,21H2,1H3,(H,40,41);/q;+1/p-1. The number of phenols is 2. The number of ether oxygens (including phenoxy) is 1. The Morgan fingerprint density at radius 1 is 0.907 bits per heavy atom. The van der Waals surface area contributed by atoms with E-state index in [0.29, 0.717) is 18.8 Å². The summed E-state index contributed by atoms with van der Waals surface area (Å²) in [4.78, 5) is 11.3. The van der Waals surface area contributed by atoms with Gasteiger partial charge in [-0.2, -0.15) is 22.0 Å². The molecule has 5 nitrogen and oxygen atoms in total. The first kappa shape index (κ1) is 37.1. The fourth-order valence-corrected chi connectivity index (χ4v) is 5.92. The van der Waals surface area contributed by atoms with Gasteiger partial charge in [-0.1, -0.05) is 70.1 Å². The number of aromatic hydroxyl groups is 2. The Bertz CT molecular complexity index is 1160. The van der Waals surface area contributed by atoms with E-state index in [-0.39, 0.29) is 65.2 Å². The van der Waals surface area contributed by atoms with Crippen molar-refractivity contribution in [3.8, 4) is 17.2 Å². The van der Waals surface area contributed by atoms with Crippen molar-refractivity contribution in [2.75, 3.05) is 6.61 Å². The molecule has 0 fully saturated rings. The quantitative estimate of drug-likeness (QED) is 0.160. The van der Waals surface area contributed by atoms with Crippen LogP contribution in [0.25, 0.3) is 0 Å². The molecule has 0 bridgehead atoms. The molecule has 0 aromatic heterocycles. The first-order valence-corrected chi connectivity index (χ1v) is 14.7. The molecule has 2 aromatic carbocycles. The Labute approximate surface area is 272 Å². The molecule has 3 rings (SSSR count). The fraction of sp³-hybridized carbons (Fsp3) is 0.594. The Kier molecular flexibility index (Phi) is 14.1. The van der Waals surface area contributed by atoms with E-state index in [1.54, 1.807) is 24.3 Å². The summed E-state index contributed by atoms with van der Waals surface area (Å²) in [6.07, 6.45) is -0.681. The summed E-state index contributed by atoms with van der Waals surface area (Å²) in [6, 6.07) is 12.4. The van der Waals surface area contributed by atoms with E-state index < -0.39 is 36.8 Å². The summed E-state index contributed by atoms with van der Waals surface area (Å²) >= 11 is 0. The van der Waals surface area contributed by atoms with Gasteiger partial charge in [0, 0.05) is 29.8 Å². The number of benzene rings is 2. The van der Waals surface area contributed by atoms with Crippen molar-refractivity contribution in [2.45, 2.75) is 107 Å². The number of unbranched alkanes of at least 4 members (excludes halogenated alkanes) is 6. The third kappa shape index (κ3) is 10.2. The van der Waals surface area contributed by atoms with E-state index >= 15 is 0 Å². The molecular formula is C32H40F5NaO5. The summed E-state index contributed by atoms with van der Waals surface area (Å²) in [5, 5.41) is 31.0. The number of fused-ring (bicyclic) bond motifs is 1. The van der Waals surface area contributed by atoms with Crippen LogP contribution in [0.1, 0.15) is 101 Å². The number of halogens is 5. The number of carboxylic acid groups (broad SMARTS) is 1. The molecule has 0 radical (unpaired) electrons. The van der Waals surface area contributed by atoms with Gasteiger partial charge in [-0.3, -0.25) is 0 Å². The van der Waals surface area contributed by atoms with Gasteiger partial charge in [-0.25, -0.2) is 0 Å². The monoisotopic (exact) mass is 622 g/mol. The zero-order valence-corrected chi connectivity index (χ0v) is 26.9. The average molecular weight is 623 g/mol. The van der Waals surface area contributed by atoms with Crippen molar-refractivity contribution in [3.05, 3.63) is 53.6 Å². The molecule has 0 spiro atoms. The number of alkyl halides is 5. The van der Waals surface area contributed by atoms with Crippen molar-refractivity contribution >= 4 is 5.97 Å². The molecule has 3 atom stereocenters. The summed E-state index contributed by atoms with van der Waals surface area (Å²) in [5.41, 5.74) is 1.78. The number of carbonyl (C=O) groups is 1. The normalized spacial score (nSPS) is 19.2. The van der Waals surface area contributed by atoms with Crippen molar-refractivity contribution in [3.63, 3.8) is 0 Å². The molecule has 43 heavy (non-hydrogen) atoms. The maximum absolute atomic E-state index is 13.1. The summed E-state index contributed by atoms with van der Waals surface area (Å²) in [6.45, 7) is 2.60.